The normalized spacial score (nSPS) is 46.4. The van der Waals surface area contributed by atoms with Gasteiger partial charge in [0.25, 0.3) is 0 Å². The molecule has 8 atom stereocenters. The molecule has 0 aromatic heterocycles. The van der Waals surface area contributed by atoms with Crippen molar-refractivity contribution in [2.45, 2.75) is 83.6 Å². The molecule has 4 aliphatic rings. The smallest absolute Gasteiger partial charge is 0.306 e. The first-order chi connectivity index (χ1) is 14.0. The van der Waals surface area contributed by atoms with E-state index in [1.807, 2.05) is 33.8 Å². The van der Waals surface area contributed by atoms with Crippen LogP contribution in [0.2, 0.25) is 0 Å². The molecule has 8 nitrogen and oxygen atoms in total. The van der Waals surface area contributed by atoms with Crippen LogP contribution in [-0.2, 0) is 28.5 Å². The van der Waals surface area contributed by atoms with Crippen LogP contribution in [0.5, 0.6) is 0 Å². The minimum atomic E-state index is -1.08. The molecule has 4 rings (SSSR count). The molecule has 1 unspecified atom stereocenters. The van der Waals surface area contributed by atoms with Gasteiger partial charge in [0.1, 0.15) is 30.0 Å². The molecule has 2 N–H and O–H groups in total. The van der Waals surface area contributed by atoms with Crippen LogP contribution in [0.4, 0.5) is 0 Å². The average molecular weight is 424 g/mol. The van der Waals surface area contributed by atoms with Crippen molar-refractivity contribution in [3.63, 3.8) is 0 Å². The van der Waals surface area contributed by atoms with E-state index >= 15 is 0 Å². The van der Waals surface area contributed by atoms with Gasteiger partial charge in [0.15, 0.2) is 0 Å². The maximum absolute atomic E-state index is 12.4. The van der Waals surface area contributed by atoms with E-state index < -0.39 is 52.9 Å². The Morgan fingerprint density at radius 2 is 2.00 bits per heavy atom. The fourth-order valence-electron chi connectivity index (χ4n) is 6.06. The van der Waals surface area contributed by atoms with Gasteiger partial charge in [-0.2, -0.15) is 0 Å². The summed E-state index contributed by atoms with van der Waals surface area (Å²) >= 11 is 0. The van der Waals surface area contributed by atoms with E-state index in [1.165, 1.54) is 6.92 Å². The van der Waals surface area contributed by atoms with Crippen molar-refractivity contribution in [1.29, 1.82) is 0 Å². The van der Waals surface area contributed by atoms with Crippen molar-refractivity contribution in [3.05, 3.63) is 11.6 Å². The standard InChI is InChI=1S/C22H32O8/c1-11(2)6-16(25)29-14-8-21(9-23)15(7-12(14)3)30-19-17(26)18(28-13(4)24)20(21,5)22(19)10-27-22/h7,11,14-15,17-19,23,26H,6,8-10H2,1-5H3/t14-,15+,17+,18+,19+,20+,21+,22?/m0/s1. The highest BCUT2D eigenvalue weighted by Crippen LogP contribution is 2.71. The van der Waals surface area contributed by atoms with Crippen LogP contribution < -0.4 is 0 Å². The molecule has 0 amide bonds. The average Bonchev–Trinajstić information content (AvgIpc) is 3.43. The summed E-state index contributed by atoms with van der Waals surface area (Å²) in [5, 5.41) is 21.7. The van der Waals surface area contributed by atoms with E-state index in [2.05, 4.69) is 0 Å². The van der Waals surface area contributed by atoms with E-state index in [4.69, 9.17) is 18.9 Å². The van der Waals surface area contributed by atoms with E-state index in [-0.39, 0.29) is 18.5 Å². The van der Waals surface area contributed by atoms with Crippen molar-refractivity contribution in [1.82, 2.24) is 0 Å². The number of ether oxygens (including phenoxy) is 4. The van der Waals surface area contributed by atoms with E-state index in [0.29, 0.717) is 19.4 Å². The Morgan fingerprint density at radius 3 is 2.53 bits per heavy atom. The van der Waals surface area contributed by atoms with E-state index in [9.17, 15) is 19.8 Å². The van der Waals surface area contributed by atoms with Gasteiger partial charge in [-0.05, 0) is 24.8 Å². The van der Waals surface area contributed by atoms with Gasteiger partial charge in [-0.1, -0.05) is 26.8 Å². The molecule has 8 heteroatoms. The van der Waals surface area contributed by atoms with Crippen LogP contribution in [0.3, 0.4) is 0 Å². The molecule has 2 saturated heterocycles. The second-order valence-electron chi connectivity index (χ2n) is 9.88. The second-order valence-corrected chi connectivity index (χ2v) is 9.88. The first-order valence-electron chi connectivity index (χ1n) is 10.7. The molecule has 0 aromatic rings. The molecule has 2 aliphatic carbocycles. The number of fused-ring (bicyclic) bond motifs is 2. The van der Waals surface area contributed by atoms with E-state index in [1.54, 1.807) is 0 Å². The highest BCUT2D eigenvalue weighted by atomic mass is 16.7. The molecule has 0 radical (unpaired) electrons. The Hall–Kier alpha value is -1.48. The van der Waals surface area contributed by atoms with Gasteiger partial charge in [-0.15, -0.1) is 0 Å². The fraction of sp³-hybridized carbons (Fsp3) is 0.818. The molecule has 30 heavy (non-hydrogen) atoms. The lowest BCUT2D eigenvalue weighted by Gasteiger charge is -2.58. The maximum atomic E-state index is 12.4. The predicted molar refractivity (Wildman–Crippen MR) is 104 cm³/mol. The quantitative estimate of drug-likeness (QED) is 0.383. The number of esters is 2. The van der Waals surface area contributed by atoms with E-state index in [0.717, 1.165) is 5.57 Å². The largest absolute Gasteiger partial charge is 0.459 e. The molecular formula is C22H32O8. The first-order valence-corrected chi connectivity index (χ1v) is 10.7. The zero-order valence-corrected chi connectivity index (χ0v) is 18.2. The highest BCUT2D eigenvalue weighted by molar-refractivity contribution is 5.70. The number of hydrogen-bond donors (Lipinski definition) is 2. The Bertz CT molecular complexity index is 771. The number of aliphatic hydroxyl groups is 2. The first kappa shape index (κ1) is 21.7. The minimum absolute atomic E-state index is 0.169. The number of carbonyl (C=O) groups excluding carboxylic acids is 2. The van der Waals surface area contributed by atoms with Crippen LogP contribution in [0.1, 0.15) is 47.5 Å². The molecule has 1 spiro atoms. The van der Waals surface area contributed by atoms with Crippen molar-refractivity contribution in [3.8, 4) is 0 Å². The summed E-state index contributed by atoms with van der Waals surface area (Å²) in [6, 6.07) is 0. The molecule has 1 saturated carbocycles. The number of hydrogen-bond acceptors (Lipinski definition) is 8. The third-order valence-electron chi connectivity index (χ3n) is 7.75. The molecule has 2 bridgehead atoms. The van der Waals surface area contributed by atoms with Crippen LogP contribution >= 0.6 is 0 Å². The van der Waals surface area contributed by atoms with Crippen molar-refractivity contribution >= 4 is 11.9 Å². The zero-order valence-electron chi connectivity index (χ0n) is 18.2. The molecule has 2 heterocycles. The maximum Gasteiger partial charge on any atom is 0.306 e. The second kappa shape index (κ2) is 7.02. The Labute approximate surface area is 176 Å². The van der Waals surface area contributed by atoms with Crippen LogP contribution in [0, 0.1) is 16.7 Å². The van der Waals surface area contributed by atoms with Crippen LogP contribution in [-0.4, -0.2) is 71.5 Å². The van der Waals surface area contributed by atoms with Gasteiger partial charge in [0, 0.05) is 18.8 Å². The third kappa shape index (κ3) is 2.73. The van der Waals surface area contributed by atoms with Crippen LogP contribution in [0.25, 0.3) is 0 Å². The van der Waals surface area contributed by atoms with Gasteiger partial charge >= 0.3 is 11.9 Å². The number of epoxide rings is 1. The molecule has 168 valence electrons. The summed E-state index contributed by atoms with van der Waals surface area (Å²) in [5.41, 5.74) is -1.89. The van der Waals surface area contributed by atoms with Crippen molar-refractivity contribution in [2.24, 2.45) is 16.7 Å². The lowest BCUT2D eigenvalue weighted by Crippen LogP contribution is -2.67. The zero-order chi connectivity index (χ0) is 22.1. The Balaban J connectivity index is 1.75. The van der Waals surface area contributed by atoms with Crippen molar-refractivity contribution in [2.75, 3.05) is 13.2 Å². The van der Waals surface area contributed by atoms with Gasteiger partial charge < -0.3 is 29.2 Å². The third-order valence-corrected chi connectivity index (χ3v) is 7.75. The lowest BCUT2D eigenvalue weighted by atomic mass is 9.51. The molecule has 2 aliphatic heterocycles. The van der Waals surface area contributed by atoms with Gasteiger partial charge in [-0.3, -0.25) is 9.59 Å². The van der Waals surface area contributed by atoms with Gasteiger partial charge in [0.05, 0.1) is 24.7 Å². The summed E-state index contributed by atoms with van der Waals surface area (Å²) < 4.78 is 23.5. The number of carbonyl (C=O) groups is 2. The number of aliphatic hydroxyl groups excluding tert-OH is 2. The summed E-state index contributed by atoms with van der Waals surface area (Å²) in [6.07, 6.45) is -1.25. The molecular weight excluding hydrogens is 392 g/mol. The Kier molecular flexibility index (Phi) is 5.09. The SMILES string of the molecule is CC(=O)O[C@@H]1[C@@H](O)[C@H]2O[C@@H]3C=C(C)[C@@H](OC(=O)CC(C)C)C[C@]3(CO)[C@]1(C)C21CO1. The minimum Gasteiger partial charge on any atom is -0.459 e. The Morgan fingerprint density at radius 1 is 1.33 bits per heavy atom. The fourth-order valence-corrected chi connectivity index (χ4v) is 6.06. The van der Waals surface area contributed by atoms with Gasteiger partial charge in [-0.25, -0.2) is 0 Å². The lowest BCUT2D eigenvalue weighted by molar-refractivity contribution is -0.237. The summed E-state index contributed by atoms with van der Waals surface area (Å²) in [6.45, 7) is 9.01. The van der Waals surface area contributed by atoms with Gasteiger partial charge in [0.2, 0.25) is 0 Å². The van der Waals surface area contributed by atoms with Crippen molar-refractivity contribution < 1.29 is 38.7 Å². The molecule has 3 fully saturated rings. The monoisotopic (exact) mass is 424 g/mol. The highest BCUT2D eigenvalue weighted by Gasteiger charge is 2.85. The summed E-state index contributed by atoms with van der Waals surface area (Å²) in [5.74, 6) is -0.646. The predicted octanol–water partition coefficient (Wildman–Crippen LogP) is 1.12. The van der Waals surface area contributed by atoms with Crippen LogP contribution in [0.15, 0.2) is 11.6 Å². The number of rotatable bonds is 5. The molecule has 0 aromatic carbocycles. The summed E-state index contributed by atoms with van der Waals surface area (Å²) in [7, 11) is 0. The topological polar surface area (TPSA) is 115 Å². The summed E-state index contributed by atoms with van der Waals surface area (Å²) in [4.78, 5) is 24.2.